The van der Waals surface area contributed by atoms with Gasteiger partial charge in [-0.1, -0.05) is 32.9 Å². The molecule has 172 valence electrons. The molecule has 0 saturated heterocycles. The van der Waals surface area contributed by atoms with Crippen LogP contribution in [0.15, 0.2) is 103 Å². The average molecular weight is 504 g/mol. The molecule has 0 aliphatic heterocycles. The summed E-state index contributed by atoms with van der Waals surface area (Å²) in [6.07, 6.45) is 10.0. The minimum Gasteiger partial charge on any atom is -0.184 e. The SMILES string of the molecule is CC(C)(C)c1cccc(O)c1.Cl.Cl.[C-]1=CC=CC1.[CH2]=[Ti].[c-]1ccccc1.[c-]1ccccc1. The Morgan fingerprint density at radius 2 is 1.31 bits per heavy atom. The summed E-state index contributed by atoms with van der Waals surface area (Å²) in [7, 11) is 0. The maximum Gasteiger partial charge on any atom is -0.171 e. The summed E-state index contributed by atoms with van der Waals surface area (Å²) in [6.45, 7) is 6.38. The number of allylic oxidation sites excluding steroid dienone is 4. The van der Waals surface area contributed by atoms with Gasteiger partial charge in [0.1, 0.15) is 5.75 Å². The molecule has 4 rings (SSSR count). The normalized spacial score (nSPS) is 9.81. The monoisotopic (exact) mass is 503 g/mol. The van der Waals surface area contributed by atoms with Gasteiger partial charge in [-0.05, 0) is 23.1 Å². The average Bonchev–Trinajstić information content (AvgIpc) is 3.38. The van der Waals surface area contributed by atoms with Crippen LogP contribution in [-0.2, 0) is 25.4 Å². The summed E-state index contributed by atoms with van der Waals surface area (Å²) in [5.74, 6) is 0.345. The van der Waals surface area contributed by atoms with E-state index in [1.54, 1.807) is 32.1 Å². The Labute approximate surface area is 219 Å². The largest absolute Gasteiger partial charge is 0.184 e. The minimum atomic E-state index is 0. The van der Waals surface area contributed by atoms with Crippen molar-refractivity contribution in [3.05, 3.63) is 127 Å². The predicted octanol–water partition coefficient (Wildman–Crippen LogP) is 7.78. The van der Waals surface area contributed by atoms with Crippen molar-refractivity contribution in [3.8, 4) is 5.75 Å². The van der Waals surface area contributed by atoms with E-state index in [1.807, 2.05) is 84.9 Å². The molecule has 0 fully saturated rings. The third kappa shape index (κ3) is 21.3. The van der Waals surface area contributed by atoms with E-state index in [0.29, 0.717) is 5.75 Å². The summed E-state index contributed by atoms with van der Waals surface area (Å²) >= 11 is 1.75. The van der Waals surface area contributed by atoms with Crippen LogP contribution in [-0.4, -0.2) is 9.92 Å². The Morgan fingerprint density at radius 3 is 1.50 bits per heavy atom. The third-order valence-corrected chi connectivity index (χ3v) is 3.51. The first-order valence-corrected chi connectivity index (χ1v) is 10.8. The summed E-state index contributed by atoms with van der Waals surface area (Å²) in [4.78, 5) is 3.25. The fourth-order valence-electron chi connectivity index (χ4n) is 2.00. The molecule has 3 aromatic carbocycles. The van der Waals surface area contributed by atoms with E-state index in [2.05, 4.69) is 49.9 Å². The molecular formula is C28H33Cl2OTi-3. The summed E-state index contributed by atoms with van der Waals surface area (Å²) < 4.78 is 0. The molecule has 1 N–H and O–H groups in total. The Balaban J connectivity index is -0.000000349. The van der Waals surface area contributed by atoms with Crippen molar-refractivity contribution in [1.82, 2.24) is 0 Å². The molecule has 0 radical (unpaired) electrons. The van der Waals surface area contributed by atoms with Crippen LogP contribution < -0.4 is 0 Å². The van der Waals surface area contributed by atoms with E-state index in [0.717, 1.165) is 12.0 Å². The van der Waals surface area contributed by atoms with Gasteiger partial charge in [0.25, 0.3) is 0 Å². The fourth-order valence-corrected chi connectivity index (χ4v) is 2.00. The van der Waals surface area contributed by atoms with Gasteiger partial charge < -0.3 is 5.11 Å². The quantitative estimate of drug-likeness (QED) is 0.245. The number of aromatic hydroxyl groups is 1. The van der Waals surface area contributed by atoms with Gasteiger partial charge in [-0.15, -0.1) is 31.2 Å². The van der Waals surface area contributed by atoms with Crippen LogP contribution in [0.1, 0.15) is 32.8 Å². The topological polar surface area (TPSA) is 20.2 Å². The Bertz CT molecular complexity index is 719. The number of hydrogen-bond donors (Lipinski definition) is 1. The zero-order valence-corrected chi connectivity index (χ0v) is 22.2. The van der Waals surface area contributed by atoms with Crippen molar-refractivity contribution >= 4 is 29.6 Å². The molecule has 32 heavy (non-hydrogen) atoms. The molecule has 0 atom stereocenters. The molecule has 1 aliphatic rings. The first kappa shape index (κ1) is 34.7. The Kier molecular flexibility index (Phi) is 25.8. The molecule has 0 saturated carbocycles. The van der Waals surface area contributed by atoms with Crippen LogP contribution in [0.3, 0.4) is 0 Å². The molecule has 0 heterocycles. The van der Waals surface area contributed by atoms with Crippen LogP contribution in [0.2, 0.25) is 0 Å². The number of halogens is 2. The Morgan fingerprint density at radius 1 is 0.812 bits per heavy atom. The van der Waals surface area contributed by atoms with E-state index in [4.69, 9.17) is 0 Å². The molecule has 1 aliphatic carbocycles. The van der Waals surface area contributed by atoms with Crippen LogP contribution in [0, 0.1) is 18.2 Å². The van der Waals surface area contributed by atoms with Gasteiger partial charge >= 0.3 is 24.8 Å². The fraction of sp³-hybridized carbons (Fsp3) is 0.179. The Hall–Kier alpha value is -1.90. The van der Waals surface area contributed by atoms with Crippen molar-refractivity contribution in [3.63, 3.8) is 0 Å². The van der Waals surface area contributed by atoms with E-state index in [1.165, 1.54) is 0 Å². The number of rotatable bonds is 0. The second-order valence-corrected chi connectivity index (χ2v) is 6.96. The zero-order chi connectivity index (χ0) is 22.5. The summed E-state index contributed by atoms with van der Waals surface area (Å²) in [5, 5.41) is 9.18. The number of hydrogen-bond acceptors (Lipinski definition) is 1. The van der Waals surface area contributed by atoms with Gasteiger partial charge in [0.15, 0.2) is 0 Å². The maximum absolute atomic E-state index is 9.18. The summed E-state index contributed by atoms with van der Waals surface area (Å²) in [5.41, 5.74) is 1.29. The van der Waals surface area contributed by atoms with E-state index in [9.17, 15) is 5.11 Å². The second kappa shape index (κ2) is 23.8. The molecule has 0 aromatic heterocycles. The number of benzene rings is 3. The van der Waals surface area contributed by atoms with E-state index < -0.39 is 0 Å². The van der Waals surface area contributed by atoms with Crippen LogP contribution in [0.25, 0.3) is 0 Å². The molecular weight excluding hydrogens is 471 g/mol. The van der Waals surface area contributed by atoms with Crippen molar-refractivity contribution in [2.45, 2.75) is 32.6 Å². The number of phenols is 1. The molecule has 0 spiro atoms. The third-order valence-electron chi connectivity index (χ3n) is 3.51. The second-order valence-electron chi connectivity index (χ2n) is 6.96. The predicted molar refractivity (Wildman–Crippen MR) is 141 cm³/mol. The smallest absolute Gasteiger partial charge is 0.171 e. The first-order chi connectivity index (χ1) is 14.5. The van der Waals surface area contributed by atoms with Gasteiger partial charge in [-0.3, -0.25) is 6.08 Å². The molecule has 3 aromatic rings. The molecule has 1 nitrogen and oxygen atoms in total. The number of phenolic OH excluding ortho intramolecular Hbond substituents is 1. The van der Waals surface area contributed by atoms with Crippen LogP contribution in [0.5, 0.6) is 5.75 Å². The maximum atomic E-state index is 9.18. The first-order valence-electron chi connectivity index (χ1n) is 9.69. The van der Waals surface area contributed by atoms with E-state index in [-0.39, 0.29) is 30.2 Å². The minimum absolute atomic E-state index is 0. The van der Waals surface area contributed by atoms with E-state index >= 15 is 0 Å². The zero-order valence-electron chi connectivity index (χ0n) is 19.0. The van der Waals surface area contributed by atoms with Crippen molar-refractivity contribution < 1.29 is 25.1 Å². The summed E-state index contributed by atoms with van der Waals surface area (Å²) in [6, 6.07) is 32.4. The van der Waals surface area contributed by atoms with Crippen molar-refractivity contribution in [2.24, 2.45) is 0 Å². The molecule has 0 unspecified atom stereocenters. The van der Waals surface area contributed by atoms with Gasteiger partial charge in [-0.2, -0.15) is 78.9 Å². The van der Waals surface area contributed by atoms with Gasteiger partial charge in [0.2, 0.25) is 0 Å². The van der Waals surface area contributed by atoms with Gasteiger partial charge in [0, 0.05) is 0 Å². The standard InChI is InChI=1S/C10H14O.2C6H5.C5H5.CH2.2ClH.Ti/c1-10(2,3)8-5-4-6-9(11)7-8;2*1-2-4-6-5-3-1;1-2-4-5-3-1;;;;/h4-7,11H,1-3H3;2*1-5H;1-3H,4H2;1H2;2*1H;/q;3*-1;;;;. The van der Waals surface area contributed by atoms with Crippen molar-refractivity contribution in [2.75, 3.05) is 0 Å². The van der Waals surface area contributed by atoms with Crippen LogP contribution in [0.4, 0.5) is 0 Å². The van der Waals surface area contributed by atoms with Gasteiger partial charge in [-0.25, -0.2) is 12.2 Å². The molecule has 0 amide bonds. The molecule has 0 bridgehead atoms. The molecule has 4 heteroatoms. The van der Waals surface area contributed by atoms with Crippen LogP contribution >= 0.6 is 24.8 Å². The van der Waals surface area contributed by atoms with Crippen molar-refractivity contribution in [1.29, 1.82) is 0 Å². The van der Waals surface area contributed by atoms with Gasteiger partial charge in [0.05, 0.1) is 0 Å².